The van der Waals surface area contributed by atoms with Crippen molar-refractivity contribution in [2.24, 2.45) is 0 Å². The van der Waals surface area contributed by atoms with E-state index in [1.807, 2.05) is 20.9 Å². The summed E-state index contributed by atoms with van der Waals surface area (Å²) in [5.74, 6) is 0.880. The lowest BCUT2D eigenvalue weighted by Crippen LogP contribution is -2.35. The van der Waals surface area contributed by atoms with Crippen LogP contribution in [0, 0.1) is 0 Å². The van der Waals surface area contributed by atoms with Crippen molar-refractivity contribution in [1.29, 1.82) is 0 Å². The molecule has 114 valence electrons. The second-order valence-corrected chi connectivity index (χ2v) is 6.31. The van der Waals surface area contributed by atoms with Gasteiger partial charge in [0, 0.05) is 31.9 Å². The van der Waals surface area contributed by atoms with E-state index in [0.717, 1.165) is 24.6 Å². The molecule has 1 heterocycles. The summed E-state index contributed by atoms with van der Waals surface area (Å²) < 4.78 is 5.55. The minimum atomic E-state index is 0.0781. The molecule has 0 aliphatic rings. The van der Waals surface area contributed by atoms with Crippen LogP contribution in [-0.4, -0.2) is 41.8 Å². The summed E-state index contributed by atoms with van der Waals surface area (Å²) in [4.78, 5) is 10.9. The molecule has 0 unspecified atom stereocenters. The van der Waals surface area contributed by atoms with Crippen molar-refractivity contribution in [2.45, 2.75) is 52.8 Å². The van der Waals surface area contributed by atoms with E-state index in [1.54, 1.807) is 12.4 Å². The summed E-state index contributed by atoms with van der Waals surface area (Å²) in [6.45, 7) is 12.7. The lowest BCUT2D eigenvalue weighted by Gasteiger charge is -2.21. The van der Waals surface area contributed by atoms with Gasteiger partial charge in [0.2, 0.25) is 0 Å². The summed E-state index contributed by atoms with van der Waals surface area (Å²) in [7, 11) is 2.01. The molecule has 0 atom stereocenters. The monoisotopic (exact) mass is 280 g/mol. The smallest absolute Gasteiger partial charge is 0.147 e. The van der Waals surface area contributed by atoms with E-state index in [0.29, 0.717) is 6.61 Å². The summed E-state index contributed by atoms with van der Waals surface area (Å²) >= 11 is 0. The Hall–Kier alpha value is -1.20. The zero-order chi connectivity index (χ0) is 15.2. The van der Waals surface area contributed by atoms with E-state index in [4.69, 9.17) is 4.74 Å². The van der Waals surface area contributed by atoms with Crippen molar-refractivity contribution in [1.82, 2.24) is 15.3 Å². The molecule has 0 radical (unpaired) electrons. The summed E-state index contributed by atoms with van der Waals surface area (Å²) in [5, 5.41) is 3.42. The van der Waals surface area contributed by atoms with Crippen LogP contribution in [0.2, 0.25) is 0 Å². The van der Waals surface area contributed by atoms with Gasteiger partial charge in [-0.15, -0.1) is 0 Å². The van der Waals surface area contributed by atoms with Crippen LogP contribution in [-0.2, 0) is 11.3 Å². The third-order valence-corrected chi connectivity index (χ3v) is 2.74. The molecule has 5 heteroatoms. The topological polar surface area (TPSA) is 50.3 Å². The molecule has 0 spiro atoms. The standard InChI is InChI=1S/C15H28N4O/c1-12(2)20-8-7-19(6)14-11-16-9-13(18-14)10-17-15(3,4)5/h9,11-12,17H,7-8,10H2,1-6H3. The fraction of sp³-hybridized carbons (Fsp3) is 0.733. The molecular weight excluding hydrogens is 252 g/mol. The maximum absolute atomic E-state index is 5.55. The zero-order valence-corrected chi connectivity index (χ0v) is 13.6. The van der Waals surface area contributed by atoms with Gasteiger partial charge in [-0.3, -0.25) is 4.98 Å². The van der Waals surface area contributed by atoms with Crippen LogP contribution in [0.4, 0.5) is 5.82 Å². The van der Waals surface area contributed by atoms with Crippen LogP contribution < -0.4 is 10.2 Å². The molecule has 1 aromatic rings. The molecular formula is C15H28N4O. The van der Waals surface area contributed by atoms with Gasteiger partial charge in [0.15, 0.2) is 0 Å². The molecule has 1 aromatic heterocycles. The summed E-state index contributed by atoms with van der Waals surface area (Å²) in [6.07, 6.45) is 3.85. The number of ether oxygens (including phenoxy) is 1. The minimum Gasteiger partial charge on any atom is -0.377 e. The van der Waals surface area contributed by atoms with Crippen LogP contribution in [0.1, 0.15) is 40.3 Å². The Labute approximate surface area is 122 Å². The number of hydrogen-bond donors (Lipinski definition) is 1. The van der Waals surface area contributed by atoms with Crippen molar-refractivity contribution in [3.05, 3.63) is 18.1 Å². The average Bonchev–Trinajstić information content (AvgIpc) is 2.35. The Morgan fingerprint density at radius 1 is 1.30 bits per heavy atom. The van der Waals surface area contributed by atoms with E-state index < -0.39 is 0 Å². The van der Waals surface area contributed by atoms with Gasteiger partial charge in [0.25, 0.3) is 0 Å². The first-order chi connectivity index (χ1) is 9.28. The average molecular weight is 280 g/mol. The lowest BCUT2D eigenvalue weighted by molar-refractivity contribution is 0.0845. The Bertz CT molecular complexity index is 401. The highest BCUT2D eigenvalue weighted by Crippen LogP contribution is 2.09. The molecule has 0 bridgehead atoms. The normalized spacial score (nSPS) is 11.9. The molecule has 20 heavy (non-hydrogen) atoms. The number of hydrogen-bond acceptors (Lipinski definition) is 5. The SMILES string of the molecule is CC(C)OCCN(C)c1cncc(CNC(C)(C)C)n1. The number of nitrogens with one attached hydrogen (secondary N) is 1. The first kappa shape index (κ1) is 16.9. The molecule has 5 nitrogen and oxygen atoms in total. The minimum absolute atomic E-state index is 0.0781. The fourth-order valence-corrected chi connectivity index (χ4v) is 1.56. The molecule has 0 aliphatic heterocycles. The van der Waals surface area contributed by atoms with Crippen molar-refractivity contribution >= 4 is 5.82 Å². The van der Waals surface area contributed by atoms with E-state index >= 15 is 0 Å². The van der Waals surface area contributed by atoms with Crippen molar-refractivity contribution in [3.8, 4) is 0 Å². The quantitative estimate of drug-likeness (QED) is 0.830. The Balaban J connectivity index is 2.54. The molecule has 1 rings (SSSR count). The molecule has 0 aromatic carbocycles. The van der Waals surface area contributed by atoms with Gasteiger partial charge in [0.1, 0.15) is 5.82 Å². The maximum Gasteiger partial charge on any atom is 0.147 e. The second-order valence-electron chi connectivity index (χ2n) is 6.31. The van der Waals surface area contributed by atoms with Crippen molar-refractivity contribution in [2.75, 3.05) is 25.1 Å². The van der Waals surface area contributed by atoms with E-state index in [-0.39, 0.29) is 11.6 Å². The third kappa shape index (κ3) is 6.82. The molecule has 1 N–H and O–H groups in total. The molecule has 0 aliphatic carbocycles. The van der Waals surface area contributed by atoms with Crippen molar-refractivity contribution in [3.63, 3.8) is 0 Å². The highest BCUT2D eigenvalue weighted by molar-refractivity contribution is 5.34. The van der Waals surface area contributed by atoms with E-state index in [9.17, 15) is 0 Å². The van der Waals surface area contributed by atoms with Crippen molar-refractivity contribution < 1.29 is 4.74 Å². The molecule has 0 fully saturated rings. The van der Waals surface area contributed by atoms with Crippen LogP contribution in [0.3, 0.4) is 0 Å². The van der Waals surface area contributed by atoms with Crippen LogP contribution >= 0.6 is 0 Å². The second kappa shape index (κ2) is 7.55. The Morgan fingerprint density at radius 2 is 2.00 bits per heavy atom. The van der Waals surface area contributed by atoms with Gasteiger partial charge in [-0.2, -0.15) is 0 Å². The predicted molar refractivity (Wildman–Crippen MR) is 83.0 cm³/mol. The van der Waals surface area contributed by atoms with E-state index in [2.05, 4.69) is 41.0 Å². The largest absolute Gasteiger partial charge is 0.377 e. The number of anilines is 1. The van der Waals surface area contributed by atoms with Gasteiger partial charge in [0.05, 0.1) is 24.6 Å². The number of aromatic nitrogens is 2. The third-order valence-electron chi connectivity index (χ3n) is 2.74. The number of likely N-dealkylation sites (N-methyl/N-ethyl adjacent to an activating group) is 1. The highest BCUT2D eigenvalue weighted by Gasteiger charge is 2.10. The van der Waals surface area contributed by atoms with Crippen LogP contribution in [0.15, 0.2) is 12.4 Å². The Kier molecular flexibility index (Phi) is 6.36. The predicted octanol–water partition coefficient (Wildman–Crippen LogP) is 2.23. The van der Waals surface area contributed by atoms with E-state index in [1.165, 1.54) is 0 Å². The first-order valence-electron chi connectivity index (χ1n) is 7.16. The van der Waals surface area contributed by atoms with Gasteiger partial charge in [-0.25, -0.2) is 4.98 Å². The van der Waals surface area contributed by atoms with Gasteiger partial charge >= 0.3 is 0 Å². The van der Waals surface area contributed by atoms with Crippen LogP contribution in [0.25, 0.3) is 0 Å². The maximum atomic E-state index is 5.55. The van der Waals surface area contributed by atoms with Gasteiger partial charge in [-0.1, -0.05) is 0 Å². The molecule has 0 saturated heterocycles. The summed E-state index contributed by atoms with van der Waals surface area (Å²) in [5.41, 5.74) is 1.03. The van der Waals surface area contributed by atoms with Gasteiger partial charge in [-0.05, 0) is 34.6 Å². The highest BCUT2D eigenvalue weighted by atomic mass is 16.5. The lowest BCUT2D eigenvalue weighted by atomic mass is 10.1. The fourth-order valence-electron chi connectivity index (χ4n) is 1.56. The summed E-state index contributed by atoms with van der Waals surface area (Å²) in [6, 6.07) is 0. The van der Waals surface area contributed by atoms with Gasteiger partial charge < -0.3 is 15.0 Å². The Morgan fingerprint density at radius 3 is 2.60 bits per heavy atom. The number of nitrogens with zero attached hydrogens (tertiary/aromatic N) is 3. The van der Waals surface area contributed by atoms with Crippen LogP contribution in [0.5, 0.6) is 0 Å². The molecule has 0 amide bonds. The zero-order valence-electron chi connectivity index (χ0n) is 13.6. The first-order valence-corrected chi connectivity index (χ1v) is 7.16. The number of rotatable bonds is 7. The molecule has 0 saturated carbocycles.